The van der Waals surface area contributed by atoms with Gasteiger partial charge in [-0.1, -0.05) is 18.2 Å². The first-order valence-corrected chi connectivity index (χ1v) is 4.82. The molecular formula is C12H15NO2. The van der Waals surface area contributed by atoms with Gasteiger partial charge in [0.05, 0.1) is 5.92 Å². The van der Waals surface area contributed by atoms with Crippen LogP contribution in [0, 0.1) is 0 Å². The maximum absolute atomic E-state index is 10.7. The summed E-state index contributed by atoms with van der Waals surface area (Å²) in [5, 5.41) is 11.9. The number of anilines is 1. The number of carboxylic acids is 1. The molecule has 1 rings (SSSR count). The highest BCUT2D eigenvalue weighted by Gasteiger charge is 2.12. The lowest BCUT2D eigenvalue weighted by Crippen LogP contribution is -2.07. The van der Waals surface area contributed by atoms with E-state index in [2.05, 4.69) is 11.9 Å². The van der Waals surface area contributed by atoms with Crippen LogP contribution in [0.5, 0.6) is 0 Å². The van der Waals surface area contributed by atoms with Crippen LogP contribution < -0.4 is 5.32 Å². The monoisotopic (exact) mass is 205 g/mol. The van der Waals surface area contributed by atoms with Crippen molar-refractivity contribution in [3.8, 4) is 0 Å². The Kier molecular flexibility index (Phi) is 3.92. The van der Waals surface area contributed by atoms with Gasteiger partial charge in [-0.25, -0.2) is 0 Å². The van der Waals surface area contributed by atoms with Gasteiger partial charge in [-0.2, -0.15) is 0 Å². The van der Waals surface area contributed by atoms with Crippen LogP contribution in [0.25, 0.3) is 0 Å². The minimum Gasteiger partial charge on any atom is -0.481 e. The lowest BCUT2D eigenvalue weighted by molar-refractivity contribution is -0.138. The normalized spacial score (nSPS) is 11.8. The summed E-state index contributed by atoms with van der Waals surface area (Å²) in [5.41, 5.74) is 1.78. The fourth-order valence-corrected chi connectivity index (χ4v) is 1.22. The van der Waals surface area contributed by atoms with Crippen molar-refractivity contribution in [3.05, 3.63) is 42.5 Å². The zero-order chi connectivity index (χ0) is 11.3. The van der Waals surface area contributed by atoms with Crippen molar-refractivity contribution < 1.29 is 9.90 Å². The predicted octanol–water partition coefficient (Wildman–Crippen LogP) is 2.47. The molecule has 3 nitrogen and oxygen atoms in total. The fraction of sp³-hybridized carbons (Fsp3) is 0.250. The molecule has 0 fully saturated rings. The smallest absolute Gasteiger partial charge is 0.310 e. The molecule has 1 unspecified atom stereocenters. The highest BCUT2D eigenvalue weighted by molar-refractivity contribution is 5.75. The van der Waals surface area contributed by atoms with Gasteiger partial charge in [-0.15, -0.1) is 6.58 Å². The van der Waals surface area contributed by atoms with E-state index in [4.69, 9.17) is 5.11 Å². The molecule has 0 aliphatic carbocycles. The Morgan fingerprint density at radius 2 is 2.13 bits per heavy atom. The third-order valence-corrected chi connectivity index (χ3v) is 2.23. The van der Waals surface area contributed by atoms with Gasteiger partial charge in [-0.3, -0.25) is 4.79 Å². The second-order valence-corrected chi connectivity index (χ2v) is 3.35. The number of aliphatic carboxylic acids is 1. The maximum atomic E-state index is 10.7. The first-order chi connectivity index (χ1) is 7.15. The van der Waals surface area contributed by atoms with Crippen LogP contribution in [0.4, 0.5) is 5.69 Å². The number of rotatable bonds is 5. The third-order valence-electron chi connectivity index (χ3n) is 2.23. The molecule has 0 bridgehead atoms. The van der Waals surface area contributed by atoms with Gasteiger partial charge in [0.1, 0.15) is 0 Å². The van der Waals surface area contributed by atoms with Gasteiger partial charge in [0.25, 0.3) is 0 Å². The van der Waals surface area contributed by atoms with Crippen molar-refractivity contribution in [1.29, 1.82) is 0 Å². The molecule has 1 atom stereocenters. The summed E-state index contributed by atoms with van der Waals surface area (Å²) in [7, 11) is 0. The highest BCUT2D eigenvalue weighted by Crippen LogP contribution is 2.17. The molecule has 0 aliphatic rings. The van der Waals surface area contributed by atoms with Crippen LogP contribution in [-0.4, -0.2) is 17.6 Å². The Labute approximate surface area is 89.4 Å². The van der Waals surface area contributed by atoms with E-state index in [1.165, 1.54) is 0 Å². The molecule has 1 aromatic rings. The number of carboxylic acid groups (broad SMARTS) is 1. The van der Waals surface area contributed by atoms with E-state index in [1.807, 2.05) is 24.3 Å². The van der Waals surface area contributed by atoms with Gasteiger partial charge in [-0.05, 0) is 24.6 Å². The number of benzene rings is 1. The summed E-state index contributed by atoms with van der Waals surface area (Å²) < 4.78 is 0. The number of hydrogen-bond donors (Lipinski definition) is 2. The third kappa shape index (κ3) is 3.13. The molecule has 0 radical (unpaired) electrons. The van der Waals surface area contributed by atoms with E-state index in [0.29, 0.717) is 6.54 Å². The van der Waals surface area contributed by atoms with Crippen molar-refractivity contribution in [3.63, 3.8) is 0 Å². The standard InChI is InChI=1S/C12H15NO2/c1-3-8-13-11-6-4-10(5-7-11)9(2)12(14)15/h3-7,9,13H,1,8H2,2H3,(H,14,15). The quantitative estimate of drug-likeness (QED) is 0.726. The highest BCUT2D eigenvalue weighted by atomic mass is 16.4. The average Bonchev–Trinajstić information content (AvgIpc) is 2.26. The molecule has 0 heterocycles. The van der Waals surface area contributed by atoms with E-state index in [9.17, 15) is 4.79 Å². The summed E-state index contributed by atoms with van der Waals surface area (Å²) in [6, 6.07) is 7.39. The SMILES string of the molecule is C=CCNc1ccc(C(C)C(=O)O)cc1. The van der Waals surface area contributed by atoms with Gasteiger partial charge in [0.2, 0.25) is 0 Å². The minimum absolute atomic E-state index is 0.460. The van der Waals surface area contributed by atoms with Crippen molar-refractivity contribution in [2.24, 2.45) is 0 Å². The van der Waals surface area contributed by atoms with Gasteiger partial charge < -0.3 is 10.4 Å². The Bertz CT molecular complexity index is 343. The zero-order valence-corrected chi connectivity index (χ0v) is 8.73. The van der Waals surface area contributed by atoms with Crippen molar-refractivity contribution in [1.82, 2.24) is 0 Å². The summed E-state index contributed by atoms with van der Waals surface area (Å²) >= 11 is 0. The van der Waals surface area contributed by atoms with E-state index in [1.54, 1.807) is 13.0 Å². The summed E-state index contributed by atoms with van der Waals surface area (Å²) in [5.74, 6) is -1.26. The number of carbonyl (C=O) groups is 1. The fourth-order valence-electron chi connectivity index (χ4n) is 1.22. The molecule has 1 aromatic carbocycles. The van der Waals surface area contributed by atoms with Gasteiger partial charge in [0, 0.05) is 12.2 Å². The predicted molar refractivity (Wildman–Crippen MR) is 61.2 cm³/mol. The van der Waals surface area contributed by atoms with E-state index in [-0.39, 0.29) is 0 Å². The first kappa shape index (κ1) is 11.3. The van der Waals surface area contributed by atoms with Crippen molar-refractivity contribution in [2.45, 2.75) is 12.8 Å². The topological polar surface area (TPSA) is 49.3 Å². The lowest BCUT2D eigenvalue weighted by Gasteiger charge is -2.08. The molecule has 3 heteroatoms. The molecule has 80 valence electrons. The Morgan fingerprint density at radius 3 is 2.60 bits per heavy atom. The van der Waals surface area contributed by atoms with Gasteiger partial charge >= 0.3 is 5.97 Å². The van der Waals surface area contributed by atoms with Crippen LogP contribution >= 0.6 is 0 Å². The van der Waals surface area contributed by atoms with Crippen LogP contribution in [-0.2, 0) is 4.79 Å². The number of hydrogen-bond acceptors (Lipinski definition) is 2. The molecule has 2 N–H and O–H groups in total. The molecule has 15 heavy (non-hydrogen) atoms. The van der Waals surface area contributed by atoms with E-state index in [0.717, 1.165) is 11.3 Å². The number of nitrogens with one attached hydrogen (secondary N) is 1. The Hall–Kier alpha value is -1.77. The molecule has 0 saturated carbocycles. The molecule has 0 amide bonds. The Balaban J connectivity index is 2.71. The van der Waals surface area contributed by atoms with Crippen molar-refractivity contribution in [2.75, 3.05) is 11.9 Å². The molecule has 0 spiro atoms. The second-order valence-electron chi connectivity index (χ2n) is 3.35. The van der Waals surface area contributed by atoms with Crippen LogP contribution in [0.2, 0.25) is 0 Å². The maximum Gasteiger partial charge on any atom is 0.310 e. The van der Waals surface area contributed by atoms with Crippen LogP contribution in [0.1, 0.15) is 18.4 Å². The molecule has 0 aliphatic heterocycles. The average molecular weight is 205 g/mol. The minimum atomic E-state index is -0.804. The van der Waals surface area contributed by atoms with Crippen LogP contribution in [0.3, 0.4) is 0 Å². The van der Waals surface area contributed by atoms with E-state index < -0.39 is 11.9 Å². The van der Waals surface area contributed by atoms with Gasteiger partial charge in [0.15, 0.2) is 0 Å². The zero-order valence-electron chi connectivity index (χ0n) is 8.73. The second kappa shape index (κ2) is 5.20. The molecule has 0 aromatic heterocycles. The Morgan fingerprint density at radius 1 is 1.53 bits per heavy atom. The first-order valence-electron chi connectivity index (χ1n) is 4.82. The summed E-state index contributed by atoms with van der Waals surface area (Å²) in [6.45, 7) is 5.98. The largest absolute Gasteiger partial charge is 0.481 e. The molecule has 0 saturated heterocycles. The summed E-state index contributed by atoms with van der Waals surface area (Å²) in [6.07, 6.45) is 1.77. The lowest BCUT2D eigenvalue weighted by atomic mass is 10.0. The summed E-state index contributed by atoms with van der Waals surface area (Å²) in [4.78, 5) is 10.7. The van der Waals surface area contributed by atoms with Crippen LogP contribution in [0.15, 0.2) is 36.9 Å². The van der Waals surface area contributed by atoms with Crippen molar-refractivity contribution >= 4 is 11.7 Å². The van der Waals surface area contributed by atoms with E-state index >= 15 is 0 Å². The molecular weight excluding hydrogens is 190 g/mol.